The van der Waals surface area contributed by atoms with Gasteiger partial charge in [0.15, 0.2) is 0 Å². The summed E-state index contributed by atoms with van der Waals surface area (Å²) in [6.45, 7) is 1.61. The van der Waals surface area contributed by atoms with Crippen molar-refractivity contribution < 1.29 is 5.11 Å². The third-order valence-corrected chi connectivity index (χ3v) is 2.22. The van der Waals surface area contributed by atoms with E-state index in [1.54, 1.807) is 25.1 Å². The molecule has 15 heavy (non-hydrogen) atoms. The second kappa shape index (κ2) is 3.26. The second-order valence-electron chi connectivity index (χ2n) is 3.29. The van der Waals surface area contributed by atoms with Crippen molar-refractivity contribution in [3.8, 4) is 6.07 Å². The van der Waals surface area contributed by atoms with Crippen LogP contribution in [0.15, 0.2) is 18.2 Å². The lowest BCUT2D eigenvalue weighted by Gasteiger charge is -2.08. The number of hydrogen-bond donors (Lipinski definition) is 2. The van der Waals surface area contributed by atoms with Gasteiger partial charge in [0.2, 0.25) is 5.95 Å². The van der Waals surface area contributed by atoms with E-state index in [0.29, 0.717) is 11.1 Å². The fraction of sp³-hybridized carbons (Fsp3) is 0.200. The first-order chi connectivity index (χ1) is 7.13. The van der Waals surface area contributed by atoms with Gasteiger partial charge < -0.3 is 10.8 Å². The van der Waals surface area contributed by atoms with Crippen LogP contribution in [-0.2, 0) is 0 Å². The molecule has 1 aromatic carbocycles. The Labute approximate surface area is 86.4 Å². The first-order valence-corrected chi connectivity index (χ1v) is 4.49. The minimum atomic E-state index is -0.733. The molecule has 0 radical (unpaired) electrons. The zero-order valence-electron chi connectivity index (χ0n) is 8.18. The van der Waals surface area contributed by atoms with Crippen LogP contribution < -0.4 is 5.73 Å². The molecule has 0 saturated heterocycles. The van der Waals surface area contributed by atoms with Crippen molar-refractivity contribution in [1.29, 1.82) is 5.26 Å². The summed E-state index contributed by atoms with van der Waals surface area (Å²) in [7, 11) is 0. The van der Waals surface area contributed by atoms with E-state index >= 15 is 0 Å². The van der Waals surface area contributed by atoms with Gasteiger partial charge in [0.25, 0.3) is 0 Å². The molecule has 1 unspecified atom stereocenters. The molecule has 0 aliphatic rings. The van der Waals surface area contributed by atoms with E-state index in [0.717, 1.165) is 5.52 Å². The smallest absolute Gasteiger partial charge is 0.203 e. The lowest BCUT2D eigenvalue weighted by atomic mass is 10.2. The maximum absolute atomic E-state index is 9.50. The van der Waals surface area contributed by atoms with Crippen LogP contribution >= 0.6 is 0 Å². The molecule has 0 spiro atoms. The lowest BCUT2D eigenvalue weighted by molar-refractivity contribution is 0.131. The molecule has 76 valence electrons. The molecule has 3 N–H and O–H groups in total. The molecule has 2 rings (SSSR count). The molecule has 1 aromatic heterocycles. The largest absolute Gasteiger partial charge is 0.373 e. The first-order valence-electron chi connectivity index (χ1n) is 4.49. The van der Waals surface area contributed by atoms with Crippen molar-refractivity contribution in [3.63, 3.8) is 0 Å². The summed E-state index contributed by atoms with van der Waals surface area (Å²) in [6.07, 6.45) is -0.733. The van der Waals surface area contributed by atoms with Crippen LogP contribution in [0.5, 0.6) is 0 Å². The van der Waals surface area contributed by atoms with Crippen LogP contribution in [0.1, 0.15) is 18.7 Å². The predicted molar refractivity (Wildman–Crippen MR) is 55.8 cm³/mol. The van der Waals surface area contributed by atoms with Gasteiger partial charge in [0.1, 0.15) is 6.23 Å². The van der Waals surface area contributed by atoms with Crippen molar-refractivity contribution in [1.82, 2.24) is 9.55 Å². The van der Waals surface area contributed by atoms with E-state index in [9.17, 15) is 5.11 Å². The van der Waals surface area contributed by atoms with Crippen molar-refractivity contribution in [3.05, 3.63) is 23.8 Å². The van der Waals surface area contributed by atoms with Gasteiger partial charge in [0.05, 0.1) is 22.7 Å². The molecule has 0 bridgehead atoms. The highest BCUT2D eigenvalue weighted by molar-refractivity contribution is 5.79. The molecule has 1 atom stereocenters. The van der Waals surface area contributed by atoms with Gasteiger partial charge in [-0.2, -0.15) is 5.26 Å². The number of aliphatic hydroxyl groups is 1. The number of rotatable bonds is 1. The SMILES string of the molecule is CC(O)n1c(N)nc2cc(C#N)ccc21. The number of aliphatic hydroxyl groups excluding tert-OH is 1. The highest BCUT2D eigenvalue weighted by Gasteiger charge is 2.11. The molecule has 0 amide bonds. The van der Waals surface area contributed by atoms with Crippen LogP contribution in [0.4, 0.5) is 5.95 Å². The minimum Gasteiger partial charge on any atom is -0.373 e. The van der Waals surface area contributed by atoms with Gasteiger partial charge >= 0.3 is 0 Å². The molecular formula is C10H10N4O. The lowest BCUT2D eigenvalue weighted by Crippen LogP contribution is -2.07. The fourth-order valence-corrected chi connectivity index (χ4v) is 1.58. The number of fused-ring (bicyclic) bond motifs is 1. The molecular weight excluding hydrogens is 192 g/mol. The maximum atomic E-state index is 9.50. The maximum Gasteiger partial charge on any atom is 0.203 e. The Bertz CT molecular complexity index is 550. The zero-order chi connectivity index (χ0) is 11.0. The van der Waals surface area contributed by atoms with Crippen molar-refractivity contribution in [2.45, 2.75) is 13.2 Å². The average Bonchev–Trinajstić information content (AvgIpc) is 2.52. The number of nitrogens with zero attached hydrogens (tertiary/aromatic N) is 3. The van der Waals surface area contributed by atoms with Crippen LogP contribution in [0.3, 0.4) is 0 Å². The number of anilines is 1. The number of aromatic nitrogens is 2. The number of hydrogen-bond acceptors (Lipinski definition) is 4. The van der Waals surface area contributed by atoms with E-state index < -0.39 is 6.23 Å². The Kier molecular flexibility index (Phi) is 2.06. The quantitative estimate of drug-likeness (QED) is 0.722. The fourth-order valence-electron chi connectivity index (χ4n) is 1.58. The number of nitriles is 1. The van der Waals surface area contributed by atoms with Crippen molar-refractivity contribution in [2.75, 3.05) is 5.73 Å². The van der Waals surface area contributed by atoms with Crippen LogP contribution in [0.25, 0.3) is 11.0 Å². The minimum absolute atomic E-state index is 0.245. The third kappa shape index (κ3) is 1.41. The van der Waals surface area contributed by atoms with Gasteiger partial charge in [-0.25, -0.2) is 4.98 Å². The Morgan fingerprint density at radius 2 is 2.33 bits per heavy atom. The number of nitrogen functional groups attached to an aromatic ring is 1. The first kappa shape index (κ1) is 9.49. The van der Waals surface area contributed by atoms with Gasteiger partial charge in [0, 0.05) is 0 Å². The molecule has 0 aliphatic heterocycles. The molecule has 5 nitrogen and oxygen atoms in total. The Hall–Kier alpha value is -2.06. The summed E-state index contributed by atoms with van der Waals surface area (Å²) in [5.74, 6) is 0.245. The Balaban J connectivity index is 2.75. The highest BCUT2D eigenvalue weighted by atomic mass is 16.3. The van der Waals surface area contributed by atoms with Gasteiger partial charge in [-0.15, -0.1) is 0 Å². The molecule has 0 saturated carbocycles. The number of imidazole rings is 1. The summed E-state index contributed by atoms with van der Waals surface area (Å²) >= 11 is 0. The summed E-state index contributed by atoms with van der Waals surface area (Å²) in [6, 6.07) is 7.06. The zero-order valence-corrected chi connectivity index (χ0v) is 8.18. The van der Waals surface area contributed by atoms with E-state index in [4.69, 9.17) is 11.0 Å². The summed E-state index contributed by atoms with van der Waals surface area (Å²) in [5, 5.41) is 18.2. The summed E-state index contributed by atoms with van der Waals surface area (Å²) in [5.41, 5.74) is 7.52. The third-order valence-electron chi connectivity index (χ3n) is 2.22. The molecule has 2 aromatic rings. The van der Waals surface area contributed by atoms with Crippen molar-refractivity contribution >= 4 is 17.0 Å². The van der Waals surface area contributed by atoms with Crippen molar-refractivity contribution in [2.24, 2.45) is 0 Å². The molecule has 0 aliphatic carbocycles. The molecule has 0 fully saturated rings. The molecule has 1 heterocycles. The van der Waals surface area contributed by atoms with Crippen LogP contribution in [0, 0.1) is 11.3 Å². The second-order valence-corrected chi connectivity index (χ2v) is 3.29. The van der Waals surface area contributed by atoms with E-state index in [1.807, 2.05) is 6.07 Å². The summed E-state index contributed by atoms with van der Waals surface area (Å²) < 4.78 is 1.51. The van der Waals surface area contributed by atoms with Gasteiger partial charge in [-0.1, -0.05) is 0 Å². The monoisotopic (exact) mass is 202 g/mol. The standard InChI is InChI=1S/C10H10N4O/c1-6(15)14-9-3-2-7(5-11)4-8(9)13-10(14)12/h2-4,6,15H,1H3,(H2,12,13). The van der Waals surface area contributed by atoms with E-state index in [1.165, 1.54) is 4.57 Å². The topological polar surface area (TPSA) is 87.9 Å². The predicted octanol–water partition coefficient (Wildman–Crippen LogP) is 1.00. The highest BCUT2D eigenvalue weighted by Crippen LogP contribution is 2.22. The summed E-state index contributed by atoms with van der Waals surface area (Å²) in [4.78, 5) is 4.07. The van der Waals surface area contributed by atoms with Crippen LogP contribution in [-0.4, -0.2) is 14.7 Å². The van der Waals surface area contributed by atoms with Gasteiger partial charge in [-0.05, 0) is 25.1 Å². The molecule has 5 heteroatoms. The van der Waals surface area contributed by atoms with E-state index in [2.05, 4.69) is 4.98 Å². The van der Waals surface area contributed by atoms with Crippen LogP contribution in [0.2, 0.25) is 0 Å². The number of nitrogens with two attached hydrogens (primary N) is 1. The van der Waals surface area contributed by atoms with Gasteiger partial charge in [-0.3, -0.25) is 4.57 Å². The Morgan fingerprint density at radius 3 is 2.93 bits per heavy atom. The average molecular weight is 202 g/mol. The number of benzene rings is 1. The Morgan fingerprint density at radius 1 is 1.60 bits per heavy atom. The van der Waals surface area contributed by atoms with E-state index in [-0.39, 0.29) is 5.95 Å². The normalized spacial score (nSPS) is 12.6.